The highest BCUT2D eigenvalue weighted by Crippen LogP contribution is 2.39. The van der Waals surface area contributed by atoms with Crippen molar-refractivity contribution in [2.24, 2.45) is 0 Å². The molecule has 10 nitrogen and oxygen atoms in total. The number of carbonyl (C=O) groups excluding carboxylic acids is 1. The molecule has 1 amide bonds. The van der Waals surface area contributed by atoms with Crippen molar-refractivity contribution >= 4 is 26.6 Å². The number of aliphatic carboxylic acids is 1. The van der Waals surface area contributed by atoms with Crippen molar-refractivity contribution in [2.45, 2.75) is 26.9 Å². The number of carbonyl (C=O) groups is 3. The minimum absolute atomic E-state index is 0.172. The van der Waals surface area contributed by atoms with Gasteiger partial charge in [0.15, 0.2) is 0 Å². The lowest BCUT2D eigenvalue weighted by molar-refractivity contribution is -0.138. The molecule has 34 heavy (non-hydrogen) atoms. The van der Waals surface area contributed by atoms with Gasteiger partial charge in [-0.15, -0.1) is 0 Å². The fourth-order valence-electron chi connectivity index (χ4n) is 3.50. The number of benzene rings is 1. The summed E-state index contributed by atoms with van der Waals surface area (Å²) in [6.45, 7) is 8.93. The van der Waals surface area contributed by atoms with Crippen LogP contribution >= 0.6 is 8.30 Å². The number of carboxylic acids is 1. The van der Waals surface area contributed by atoms with E-state index in [0.717, 1.165) is 17.4 Å². The van der Waals surface area contributed by atoms with Gasteiger partial charge in [0.2, 0.25) is 0 Å². The minimum atomic E-state index is -1.53. The first-order valence-electron chi connectivity index (χ1n) is 11.6. The van der Waals surface area contributed by atoms with Crippen molar-refractivity contribution in [1.82, 2.24) is 19.4 Å². The van der Waals surface area contributed by atoms with Gasteiger partial charge in [-0.05, 0) is 12.5 Å². The molecule has 0 aliphatic carbocycles. The zero-order valence-electron chi connectivity index (χ0n) is 20.5. The van der Waals surface area contributed by atoms with E-state index in [2.05, 4.69) is 0 Å². The van der Waals surface area contributed by atoms with Crippen LogP contribution in [0.4, 0.5) is 4.79 Å². The summed E-state index contributed by atoms with van der Waals surface area (Å²) in [6, 6.07) is 7.96. The molecule has 0 spiro atoms. The van der Waals surface area contributed by atoms with Gasteiger partial charge in [0.1, 0.15) is 14.6 Å². The minimum Gasteiger partial charge on any atom is -0.480 e. The SMILES string of the molecule is CC.Cc1ccc(CP(O)N2CCN(CC=O)CCN(CC(=O)O)CCN(C(=O)O)CC2)cc1. The Morgan fingerprint density at radius 2 is 1.44 bits per heavy atom. The van der Waals surface area contributed by atoms with Crippen LogP contribution in [0.3, 0.4) is 0 Å². The lowest BCUT2D eigenvalue weighted by atomic mass is 10.2. The summed E-state index contributed by atoms with van der Waals surface area (Å²) in [5.41, 5.74) is 2.15. The molecular formula is C23H39N4O6P. The molecule has 1 aliphatic heterocycles. The third-order valence-corrected chi connectivity index (χ3v) is 7.16. The number of aldehydes is 1. The molecule has 11 heteroatoms. The summed E-state index contributed by atoms with van der Waals surface area (Å²) < 4.78 is 1.90. The highest BCUT2D eigenvalue weighted by molar-refractivity contribution is 7.48. The maximum atomic E-state index is 11.7. The van der Waals surface area contributed by atoms with Gasteiger partial charge in [0.05, 0.1) is 13.1 Å². The smallest absolute Gasteiger partial charge is 0.407 e. The van der Waals surface area contributed by atoms with Crippen LogP contribution in [0.1, 0.15) is 25.0 Å². The lowest BCUT2D eigenvalue weighted by Crippen LogP contribution is -2.47. The van der Waals surface area contributed by atoms with Gasteiger partial charge in [-0.1, -0.05) is 43.7 Å². The molecule has 1 heterocycles. The van der Waals surface area contributed by atoms with Gasteiger partial charge in [-0.25, -0.2) is 4.79 Å². The van der Waals surface area contributed by atoms with Crippen molar-refractivity contribution in [2.75, 3.05) is 65.4 Å². The summed E-state index contributed by atoms with van der Waals surface area (Å²) in [5.74, 6) is -0.978. The van der Waals surface area contributed by atoms with Crippen molar-refractivity contribution in [1.29, 1.82) is 0 Å². The van der Waals surface area contributed by atoms with Crippen molar-refractivity contribution in [3.63, 3.8) is 0 Å². The Balaban J connectivity index is 0.00000281. The van der Waals surface area contributed by atoms with Crippen molar-refractivity contribution in [3.05, 3.63) is 35.4 Å². The quantitative estimate of drug-likeness (QED) is 0.382. The topological polar surface area (TPSA) is 125 Å². The molecule has 1 unspecified atom stereocenters. The Morgan fingerprint density at radius 1 is 0.912 bits per heavy atom. The molecule has 0 radical (unpaired) electrons. The number of hydrogen-bond donors (Lipinski definition) is 3. The lowest BCUT2D eigenvalue weighted by Gasteiger charge is -2.34. The molecule has 0 aromatic heterocycles. The predicted molar refractivity (Wildman–Crippen MR) is 133 cm³/mol. The van der Waals surface area contributed by atoms with E-state index in [9.17, 15) is 24.4 Å². The van der Waals surface area contributed by atoms with Crippen LogP contribution in [0.2, 0.25) is 0 Å². The third kappa shape index (κ3) is 11.4. The van der Waals surface area contributed by atoms with Gasteiger partial charge < -0.3 is 24.8 Å². The molecule has 3 N–H and O–H groups in total. The number of hydrogen-bond acceptors (Lipinski definition) is 7. The Bertz CT molecular complexity index is 751. The number of carboxylic acid groups (broad SMARTS) is 2. The third-order valence-electron chi connectivity index (χ3n) is 5.45. The molecule has 2 rings (SSSR count). The molecule has 1 atom stereocenters. The Hall–Kier alpha value is -2.10. The van der Waals surface area contributed by atoms with Crippen LogP contribution in [0, 0.1) is 6.92 Å². The normalized spacial score (nSPS) is 18.1. The van der Waals surface area contributed by atoms with Gasteiger partial charge >= 0.3 is 12.1 Å². The summed E-state index contributed by atoms with van der Waals surface area (Å²) in [6.07, 6.45) is 0.224. The Kier molecular flexibility index (Phi) is 14.5. The summed E-state index contributed by atoms with van der Waals surface area (Å²) in [4.78, 5) is 49.8. The molecule has 1 saturated heterocycles. The van der Waals surface area contributed by atoms with E-state index in [1.54, 1.807) is 4.90 Å². The first-order chi connectivity index (χ1) is 16.3. The average Bonchev–Trinajstić information content (AvgIpc) is 2.79. The highest BCUT2D eigenvalue weighted by atomic mass is 31.2. The molecule has 1 aromatic carbocycles. The summed E-state index contributed by atoms with van der Waals surface area (Å²) >= 11 is 0. The molecule has 0 saturated carbocycles. The largest absolute Gasteiger partial charge is 0.480 e. The van der Waals surface area contributed by atoms with E-state index in [-0.39, 0.29) is 32.7 Å². The van der Waals surface area contributed by atoms with Crippen LogP contribution in [0.15, 0.2) is 24.3 Å². The second kappa shape index (κ2) is 16.5. The van der Waals surface area contributed by atoms with E-state index >= 15 is 0 Å². The number of nitrogens with zero attached hydrogens (tertiary/aromatic N) is 4. The average molecular weight is 499 g/mol. The molecular weight excluding hydrogens is 459 g/mol. The monoisotopic (exact) mass is 498 g/mol. The van der Waals surface area contributed by atoms with E-state index < -0.39 is 20.4 Å². The molecule has 1 aliphatic rings. The Labute approximate surface area is 203 Å². The van der Waals surface area contributed by atoms with Gasteiger partial charge in [-0.2, -0.15) is 0 Å². The molecule has 1 fully saturated rings. The summed E-state index contributed by atoms with van der Waals surface area (Å²) in [7, 11) is -1.53. The Morgan fingerprint density at radius 3 is 2.03 bits per heavy atom. The number of rotatable bonds is 7. The van der Waals surface area contributed by atoms with E-state index in [1.165, 1.54) is 4.90 Å². The molecule has 1 aromatic rings. The second-order valence-corrected chi connectivity index (χ2v) is 9.50. The van der Waals surface area contributed by atoms with Gasteiger partial charge in [-0.3, -0.25) is 19.3 Å². The standard InChI is InChI=1S/C21H33N4O6P.C2H6/c1-18-2-4-19(5-3-18)17-32(31)25-12-9-22(14-15-26)6-7-23(16-20(27)28)8-10-24(11-13-25)21(29)30;1-2/h2-5,15,31H,6-14,16-17H2,1H3,(H,27,28)(H,29,30);1-2H3. The van der Waals surface area contributed by atoms with Gasteiger partial charge in [0, 0.05) is 58.5 Å². The maximum absolute atomic E-state index is 11.7. The van der Waals surface area contributed by atoms with Crippen LogP contribution in [-0.4, -0.2) is 118 Å². The first-order valence-corrected chi connectivity index (χ1v) is 13.1. The van der Waals surface area contributed by atoms with Gasteiger partial charge in [0.25, 0.3) is 0 Å². The zero-order chi connectivity index (χ0) is 25.5. The van der Waals surface area contributed by atoms with Crippen molar-refractivity contribution in [3.8, 4) is 0 Å². The van der Waals surface area contributed by atoms with E-state index in [1.807, 2.05) is 54.6 Å². The number of amides is 1. The van der Waals surface area contributed by atoms with Crippen LogP contribution < -0.4 is 0 Å². The van der Waals surface area contributed by atoms with E-state index in [4.69, 9.17) is 5.11 Å². The van der Waals surface area contributed by atoms with Crippen LogP contribution in [0.5, 0.6) is 0 Å². The zero-order valence-corrected chi connectivity index (χ0v) is 21.4. The van der Waals surface area contributed by atoms with Crippen LogP contribution in [0.25, 0.3) is 0 Å². The summed E-state index contributed by atoms with van der Waals surface area (Å²) in [5, 5.41) is 18.7. The highest BCUT2D eigenvalue weighted by Gasteiger charge is 2.23. The molecule has 192 valence electrons. The first kappa shape index (κ1) is 29.9. The van der Waals surface area contributed by atoms with Crippen LogP contribution in [-0.2, 0) is 15.8 Å². The maximum Gasteiger partial charge on any atom is 0.407 e. The second-order valence-electron chi connectivity index (χ2n) is 7.88. The van der Waals surface area contributed by atoms with Crippen molar-refractivity contribution < 1.29 is 29.5 Å². The fourth-order valence-corrected chi connectivity index (χ4v) is 4.88. The predicted octanol–water partition coefficient (Wildman–Crippen LogP) is 2.01. The van der Waals surface area contributed by atoms with E-state index in [0.29, 0.717) is 38.9 Å². The molecule has 0 bridgehead atoms. The fraction of sp³-hybridized carbons (Fsp3) is 0.609. The number of aryl methyl sites for hydroxylation is 1.